The molecule has 0 saturated carbocycles. The number of hydrogen-bond acceptors (Lipinski definition) is 5. The van der Waals surface area contributed by atoms with Gasteiger partial charge in [-0.25, -0.2) is 4.79 Å². The highest BCUT2D eigenvalue weighted by Crippen LogP contribution is 2.30. The van der Waals surface area contributed by atoms with Gasteiger partial charge in [-0.05, 0) is 26.5 Å². The molecule has 1 heterocycles. The molecule has 2 atom stereocenters. The topological polar surface area (TPSA) is 73.8 Å². The average Bonchev–Trinajstić information content (AvgIpc) is 2.94. The van der Waals surface area contributed by atoms with Crippen molar-refractivity contribution in [3.8, 4) is 5.75 Å². The number of phenolic OH excluding ortho intramolecular Hbond substituents is 1. The number of alkyl carbamates (subject to hydrolysis) is 1. The van der Waals surface area contributed by atoms with Crippen LogP contribution in [0.15, 0.2) is 18.2 Å². The van der Waals surface area contributed by atoms with Crippen molar-refractivity contribution in [1.29, 1.82) is 0 Å². The van der Waals surface area contributed by atoms with Crippen molar-refractivity contribution >= 4 is 11.8 Å². The van der Waals surface area contributed by atoms with E-state index in [0.29, 0.717) is 5.75 Å². The van der Waals surface area contributed by atoms with Gasteiger partial charge in [0.05, 0.1) is 13.2 Å². The first kappa shape index (κ1) is 15.4. The number of hydrogen-bond donors (Lipinski definition) is 3. The summed E-state index contributed by atoms with van der Waals surface area (Å²) in [6.07, 6.45) is 0.466. The number of carbonyl (C=O) groups is 1. The predicted octanol–water partition coefficient (Wildman–Crippen LogP) is 1.61. The second kappa shape index (κ2) is 6.67. The van der Waals surface area contributed by atoms with Crippen molar-refractivity contribution < 1.29 is 14.6 Å². The van der Waals surface area contributed by atoms with Crippen molar-refractivity contribution in [1.82, 2.24) is 10.6 Å². The third-order valence-electron chi connectivity index (χ3n) is 3.97. The first-order chi connectivity index (χ1) is 10.0. The van der Waals surface area contributed by atoms with E-state index in [-0.39, 0.29) is 12.1 Å². The van der Waals surface area contributed by atoms with Gasteiger partial charge >= 0.3 is 6.09 Å². The van der Waals surface area contributed by atoms with Crippen LogP contribution in [-0.4, -0.2) is 44.5 Å². The van der Waals surface area contributed by atoms with Gasteiger partial charge in [-0.1, -0.05) is 6.07 Å². The second-order valence-corrected chi connectivity index (χ2v) is 5.32. The van der Waals surface area contributed by atoms with Crippen LogP contribution in [0.3, 0.4) is 0 Å². The second-order valence-electron chi connectivity index (χ2n) is 5.32. The van der Waals surface area contributed by atoms with E-state index in [2.05, 4.69) is 20.3 Å². The number of carbonyl (C=O) groups excluding carboxylic acids is 1. The fourth-order valence-electron chi connectivity index (χ4n) is 2.59. The molecule has 116 valence electrons. The molecule has 2 rings (SSSR count). The van der Waals surface area contributed by atoms with Gasteiger partial charge in [0.1, 0.15) is 5.75 Å². The highest BCUT2D eigenvalue weighted by molar-refractivity contribution is 5.67. The van der Waals surface area contributed by atoms with Gasteiger partial charge in [-0.2, -0.15) is 0 Å². The summed E-state index contributed by atoms with van der Waals surface area (Å²) in [4.78, 5) is 13.4. The number of benzene rings is 1. The van der Waals surface area contributed by atoms with Gasteiger partial charge in [0.2, 0.25) is 0 Å². The summed E-state index contributed by atoms with van der Waals surface area (Å²) < 4.78 is 4.61. The Morgan fingerprint density at radius 2 is 2.29 bits per heavy atom. The van der Waals surface area contributed by atoms with Crippen molar-refractivity contribution in [3.63, 3.8) is 0 Å². The highest BCUT2D eigenvalue weighted by Gasteiger charge is 2.25. The molecule has 0 radical (unpaired) electrons. The van der Waals surface area contributed by atoms with Gasteiger partial charge in [-0.15, -0.1) is 0 Å². The zero-order valence-electron chi connectivity index (χ0n) is 12.7. The summed E-state index contributed by atoms with van der Waals surface area (Å²) >= 11 is 0. The monoisotopic (exact) mass is 293 g/mol. The van der Waals surface area contributed by atoms with Crippen LogP contribution in [0.5, 0.6) is 5.75 Å². The molecule has 3 N–H and O–H groups in total. The van der Waals surface area contributed by atoms with Crippen LogP contribution in [0.25, 0.3) is 0 Å². The summed E-state index contributed by atoms with van der Waals surface area (Å²) in [6.45, 7) is 3.56. The van der Waals surface area contributed by atoms with E-state index < -0.39 is 6.09 Å². The number of aromatic hydroxyl groups is 1. The summed E-state index contributed by atoms with van der Waals surface area (Å²) in [5.41, 5.74) is 1.85. The number of nitrogens with zero attached hydrogens (tertiary/aromatic N) is 1. The third kappa shape index (κ3) is 3.58. The van der Waals surface area contributed by atoms with Crippen LogP contribution in [0.4, 0.5) is 10.5 Å². The predicted molar refractivity (Wildman–Crippen MR) is 81.7 cm³/mol. The number of phenols is 1. The first-order valence-corrected chi connectivity index (χ1v) is 7.14. The normalized spacial score (nSPS) is 19.4. The molecule has 1 aliphatic rings. The number of rotatable bonds is 4. The van der Waals surface area contributed by atoms with Gasteiger partial charge in [0, 0.05) is 36.4 Å². The molecule has 0 aromatic heterocycles. The van der Waals surface area contributed by atoms with Crippen LogP contribution < -0.4 is 15.5 Å². The van der Waals surface area contributed by atoms with Crippen molar-refractivity contribution in [2.45, 2.75) is 25.4 Å². The molecular formula is C15H23N3O3. The Bertz CT molecular complexity index is 507. The summed E-state index contributed by atoms with van der Waals surface area (Å²) in [5.74, 6) is 0.290. The van der Waals surface area contributed by atoms with Crippen LogP contribution in [0.1, 0.15) is 24.9 Å². The largest absolute Gasteiger partial charge is 0.508 e. The molecule has 1 aliphatic heterocycles. The fourth-order valence-corrected chi connectivity index (χ4v) is 2.59. The molecule has 1 saturated heterocycles. The van der Waals surface area contributed by atoms with E-state index in [4.69, 9.17) is 0 Å². The van der Waals surface area contributed by atoms with E-state index in [1.54, 1.807) is 6.07 Å². The number of anilines is 1. The molecule has 2 unspecified atom stereocenters. The van der Waals surface area contributed by atoms with E-state index >= 15 is 0 Å². The summed E-state index contributed by atoms with van der Waals surface area (Å²) in [7, 11) is 3.23. The zero-order chi connectivity index (χ0) is 15.4. The maximum Gasteiger partial charge on any atom is 0.407 e. The Morgan fingerprint density at radius 3 is 2.90 bits per heavy atom. The van der Waals surface area contributed by atoms with Crippen molar-refractivity contribution in [3.05, 3.63) is 23.8 Å². The number of amides is 1. The lowest BCUT2D eigenvalue weighted by molar-refractivity contribution is 0.167. The molecule has 1 fully saturated rings. The lowest BCUT2D eigenvalue weighted by atomic mass is 10.1. The Kier molecular flexibility index (Phi) is 4.90. The molecule has 1 amide bonds. The molecule has 21 heavy (non-hydrogen) atoms. The Balaban J connectivity index is 2.03. The maximum absolute atomic E-state index is 11.2. The van der Waals surface area contributed by atoms with Gasteiger partial charge in [-0.3, -0.25) is 0 Å². The molecule has 0 aliphatic carbocycles. The minimum atomic E-state index is -0.400. The molecule has 1 aromatic rings. The minimum Gasteiger partial charge on any atom is -0.508 e. The van der Waals surface area contributed by atoms with Crippen LogP contribution in [0, 0.1) is 0 Å². The lowest BCUT2D eigenvalue weighted by Gasteiger charge is -2.21. The van der Waals surface area contributed by atoms with E-state index in [1.807, 2.05) is 26.1 Å². The lowest BCUT2D eigenvalue weighted by Crippen LogP contribution is -2.36. The number of ether oxygens (including phenoxy) is 1. The summed E-state index contributed by atoms with van der Waals surface area (Å²) in [6, 6.07) is 5.90. The number of methoxy groups -OCH3 is 1. The van der Waals surface area contributed by atoms with Gasteiger partial charge in [0.15, 0.2) is 0 Å². The van der Waals surface area contributed by atoms with Gasteiger partial charge in [0.25, 0.3) is 0 Å². The van der Waals surface area contributed by atoms with Crippen molar-refractivity contribution in [2.24, 2.45) is 0 Å². The average molecular weight is 293 g/mol. The minimum absolute atomic E-state index is 0.0792. The molecule has 6 nitrogen and oxygen atoms in total. The van der Waals surface area contributed by atoms with E-state index in [0.717, 1.165) is 30.8 Å². The Hall–Kier alpha value is -1.95. The highest BCUT2D eigenvalue weighted by atomic mass is 16.5. The SMILES string of the molecule is CNC(C)c1ccc(N2CCC(NC(=O)OC)C2)cc1O. The van der Waals surface area contributed by atoms with Crippen molar-refractivity contribution in [2.75, 3.05) is 32.1 Å². The van der Waals surface area contributed by atoms with Gasteiger partial charge < -0.3 is 25.4 Å². The molecular weight excluding hydrogens is 270 g/mol. The van der Waals surface area contributed by atoms with E-state index in [9.17, 15) is 9.90 Å². The quantitative estimate of drug-likeness (QED) is 0.786. The fraction of sp³-hybridized carbons (Fsp3) is 0.533. The van der Waals surface area contributed by atoms with E-state index in [1.165, 1.54) is 7.11 Å². The molecule has 0 spiro atoms. The van der Waals surface area contributed by atoms with Crippen LogP contribution >= 0.6 is 0 Å². The standard InChI is InChI=1S/C15H23N3O3/c1-10(16-2)13-5-4-12(8-14(13)19)18-7-6-11(9-18)17-15(20)21-3/h4-5,8,10-11,16,19H,6-7,9H2,1-3H3,(H,17,20). The summed E-state index contributed by atoms with van der Waals surface area (Å²) in [5, 5.41) is 16.1. The molecule has 1 aromatic carbocycles. The molecule has 0 bridgehead atoms. The Labute approximate surface area is 125 Å². The third-order valence-corrected chi connectivity index (χ3v) is 3.97. The zero-order valence-corrected chi connectivity index (χ0v) is 12.7. The maximum atomic E-state index is 11.2. The first-order valence-electron chi connectivity index (χ1n) is 7.14. The molecule has 6 heteroatoms. The van der Waals surface area contributed by atoms with Crippen LogP contribution in [-0.2, 0) is 4.74 Å². The Morgan fingerprint density at radius 1 is 1.52 bits per heavy atom. The smallest absolute Gasteiger partial charge is 0.407 e. The number of nitrogens with one attached hydrogen (secondary N) is 2. The van der Waals surface area contributed by atoms with Crippen LogP contribution in [0.2, 0.25) is 0 Å².